The number of hydrogen-bond donors (Lipinski definition) is 4. The zero-order valence-corrected chi connectivity index (χ0v) is 25.8. The van der Waals surface area contributed by atoms with E-state index in [9.17, 15) is 19.5 Å². The number of phenols is 1. The van der Waals surface area contributed by atoms with Crippen LogP contribution in [0.25, 0.3) is 22.0 Å². The molecule has 0 aliphatic heterocycles. The van der Waals surface area contributed by atoms with Crippen molar-refractivity contribution < 1.29 is 24.2 Å². The molecule has 42 heavy (non-hydrogen) atoms. The van der Waals surface area contributed by atoms with Crippen LogP contribution in [0.1, 0.15) is 70.7 Å². The molecular formula is C31H36Cl2N4O5. The molecule has 1 heterocycles. The lowest BCUT2D eigenvalue weighted by Crippen LogP contribution is -2.50. The zero-order chi connectivity index (χ0) is 30.8. The number of aromatic nitrogens is 1. The minimum Gasteiger partial charge on any atom is -0.505 e. The molecule has 1 fully saturated rings. The Morgan fingerprint density at radius 3 is 2.21 bits per heavy atom. The van der Waals surface area contributed by atoms with Crippen LogP contribution in [0.3, 0.4) is 0 Å². The van der Waals surface area contributed by atoms with E-state index in [1.54, 1.807) is 46.0 Å². The highest BCUT2D eigenvalue weighted by Crippen LogP contribution is 2.38. The number of rotatable bonds is 7. The number of amides is 2. The molecule has 0 radical (unpaired) electrons. The monoisotopic (exact) mass is 614 g/mol. The minimum absolute atomic E-state index is 0.0319. The maximum atomic E-state index is 12.7. The fraction of sp³-hybridized carbons (Fsp3) is 0.419. The van der Waals surface area contributed by atoms with E-state index in [1.807, 2.05) is 18.2 Å². The Kier molecular flexibility index (Phi) is 9.53. The molecule has 9 nitrogen and oxygen atoms in total. The van der Waals surface area contributed by atoms with Gasteiger partial charge in [-0.2, -0.15) is 0 Å². The quantitative estimate of drug-likeness (QED) is 0.214. The van der Waals surface area contributed by atoms with Crippen molar-refractivity contribution in [2.45, 2.75) is 84.0 Å². The van der Waals surface area contributed by atoms with E-state index in [2.05, 4.69) is 20.9 Å². The molecule has 2 amide bonds. The van der Waals surface area contributed by atoms with Crippen molar-refractivity contribution >= 4 is 57.6 Å². The number of fused-ring (bicyclic) bond motifs is 1. The summed E-state index contributed by atoms with van der Waals surface area (Å²) in [4.78, 5) is 41.8. The van der Waals surface area contributed by atoms with Crippen molar-refractivity contribution in [1.29, 1.82) is 0 Å². The molecule has 1 aliphatic carbocycles. The number of aromatic hydroxyl groups is 1. The van der Waals surface area contributed by atoms with Crippen LogP contribution in [0.2, 0.25) is 10.0 Å². The number of phenolic OH excluding ortho intramolecular Hbond substituents is 1. The molecule has 1 aromatic heterocycles. The number of anilines is 1. The third-order valence-corrected chi connectivity index (χ3v) is 7.72. The number of ether oxygens (including phenoxy) is 1. The predicted molar refractivity (Wildman–Crippen MR) is 166 cm³/mol. The summed E-state index contributed by atoms with van der Waals surface area (Å²) in [5.41, 5.74) is 2.78. The van der Waals surface area contributed by atoms with Crippen molar-refractivity contribution in [3.05, 3.63) is 52.1 Å². The predicted octanol–water partition coefficient (Wildman–Crippen LogP) is 6.87. The summed E-state index contributed by atoms with van der Waals surface area (Å²) in [6.07, 6.45) is 3.95. The van der Waals surface area contributed by atoms with Gasteiger partial charge in [-0.1, -0.05) is 29.3 Å². The van der Waals surface area contributed by atoms with Crippen LogP contribution < -0.4 is 16.0 Å². The number of Topliss-reactive ketones (excluding diaryl/α,β-unsaturated/α-hetero) is 1. The maximum absolute atomic E-state index is 12.7. The number of nitrogens with zero attached hydrogens (tertiary/aromatic N) is 1. The van der Waals surface area contributed by atoms with Crippen molar-refractivity contribution in [1.82, 2.24) is 15.6 Å². The second kappa shape index (κ2) is 12.8. The molecule has 11 heteroatoms. The first-order chi connectivity index (χ1) is 19.7. The molecule has 224 valence electrons. The number of carbonyl (C=O) groups excluding carboxylic acids is 3. The Morgan fingerprint density at radius 2 is 1.62 bits per heavy atom. The molecule has 3 aromatic rings. The summed E-state index contributed by atoms with van der Waals surface area (Å²) in [5, 5.41) is 20.2. The Balaban J connectivity index is 1.47. The summed E-state index contributed by atoms with van der Waals surface area (Å²) in [7, 11) is 0. The molecular weight excluding hydrogens is 579 g/mol. The van der Waals surface area contributed by atoms with Gasteiger partial charge in [0.05, 0.1) is 26.8 Å². The zero-order valence-electron chi connectivity index (χ0n) is 24.3. The Hall–Kier alpha value is -3.56. The van der Waals surface area contributed by atoms with Gasteiger partial charge in [0, 0.05) is 23.7 Å². The van der Waals surface area contributed by atoms with Gasteiger partial charge in [0.2, 0.25) is 5.91 Å². The average molecular weight is 616 g/mol. The lowest BCUT2D eigenvalue weighted by atomic mass is 9.90. The van der Waals surface area contributed by atoms with E-state index in [1.165, 1.54) is 6.92 Å². The van der Waals surface area contributed by atoms with Crippen molar-refractivity contribution in [3.63, 3.8) is 0 Å². The van der Waals surface area contributed by atoms with Gasteiger partial charge < -0.3 is 25.8 Å². The number of nitrogens with one attached hydrogen (secondary N) is 3. The molecule has 4 N–H and O–H groups in total. The Morgan fingerprint density at radius 1 is 1.00 bits per heavy atom. The first-order valence-electron chi connectivity index (χ1n) is 13.9. The molecule has 0 saturated heterocycles. The molecule has 1 atom stereocenters. The standard InChI is InChI=1S/C31H36Cl2N4O5/c1-16(35-30(41)42-31(3,4)5)29(40)37-21-9-7-20(8-10-21)36-27-22-12-18(19-13-24(32)28(39)25(33)14-19)6-11-26(22)34-15-23(27)17(2)38/h6,11-16,20-21,39H,7-10H2,1-5H3,(H,34,36)(H,35,41)(H,37,40)/t16?,20-,21-. The first kappa shape index (κ1) is 31.4. The van der Waals surface area contributed by atoms with Crippen LogP contribution in [-0.2, 0) is 9.53 Å². The fourth-order valence-corrected chi connectivity index (χ4v) is 5.48. The van der Waals surface area contributed by atoms with Gasteiger partial charge >= 0.3 is 6.09 Å². The molecule has 1 saturated carbocycles. The summed E-state index contributed by atoms with van der Waals surface area (Å²) in [5.74, 6) is -0.551. The van der Waals surface area contributed by atoms with Crippen LogP contribution in [0.15, 0.2) is 36.5 Å². The molecule has 2 aromatic carbocycles. The smallest absolute Gasteiger partial charge is 0.408 e. The number of benzene rings is 2. The van der Waals surface area contributed by atoms with Gasteiger partial charge in [0.25, 0.3) is 0 Å². The molecule has 4 rings (SSSR count). The van der Waals surface area contributed by atoms with Crippen LogP contribution in [0, 0.1) is 0 Å². The van der Waals surface area contributed by atoms with Gasteiger partial charge in [-0.3, -0.25) is 14.6 Å². The summed E-state index contributed by atoms with van der Waals surface area (Å²) >= 11 is 12.3. The molecule has 0 spiro atoms. The lowest BCUT2D eigenvalue weighted by molar-refractivity contribution is -0.123. The minimum atomic E-state index is -0.732. The second-order valence-corrected chi connectivity index (χ2v) is 12.5. The van der Waals surface area contributed by atoms with Crippen LogP contribution in [0.5, 0.6) is 5.75 Å². The highest BCUT2D eigenvalue weighted by Gasteiger charge is 2.27. The Bertz CT molecular complexity index is 1490. The fourth-order valence-electron chi connectivity index (χ4n) is 4.99. The second-order valence-electron chi connectivity index (χ2n) is 11.7. The highest BCUT2D eigenvalue weighted by molar-refractivity contribution is 6.37. The third kappa shape index (κ3) is 7.63. The van der Waals surface area contributed by atoms with Crippen LogP contribution in [-0.4, -0.2) is 51.6 Å². The number of ketones is 1. The van der Waals surface area contributed by atoms with Gasteiger partial charge in [-0.05, 0) is 95.7 Å². The SMILES string of the molecule is CC(=O)c1cnc2ccc(-c3cc(Cl)c(O)c(Cl)c3)cc2c1N[C@H]1CC[C@H](NC(=O)C(C)NC(=O)OC(C)(C)C)CC1. The number of halogens is 2. The van der Waals surface area contributed by atoms with Crippen molar-refractivity contribution in [3.8, 4) is 16.9 Å². The Labute approximate surface area is 255 Å². The van der Waals surface area contributed by atoms with Crippen molar-refractivity contribution in [2.24, 2.45) is 0 Å². The van der Waals surface area contributed by atoms with E-state index in [-0.39, 0.29) is 39.6 Å². The average Bonchev–Trinajstić information content (AvgIpc) is 2.91. The van der Waals surface area contributed by atoms with Gasteiger partial charge in [0.1, 0.15) is 11.6 Å². The number of pyridine rings is 1. The van der Waals surface area contributed by atoms with E-state index in [4.69, 9.17) is 27.9 Å². The van der Waals surface area contributed by atoms with E-state index >= 15 is 0 Å². The van der Waals surface area contributed by atoms with Crippen LogP contribution >= 0.6 is 23.2 Å². The largest absolute Gasteiger partial charge is 0.505 e. The highest BCUT2D eigenvalue weighted by atomic mass is 35.5. The molecule has 1 aliphatic rings. The van der Waals surface area contributed by atoms with E-state index in [0.29, 0.717) is 11.3 Å². The number of alkyl carbamates (subject to hydrolysis) is 1. The van der Waals surface area contributed by atoms with Gasteiger partial charge in [-0.25, -0.2) is 4.79 Å². The normalized spacial score (nSPS) is 17.8. The number of carbonyl (C=O) groups is 3. The maximum Gasteiger partial charge on any atom is 0.408 e. The summed E-state index contributed by atoms with van der Waals surface area (Å²) < 4.78 is 5.24. The number of hydrogen-bond acceptors (Lipinski definition) is 7. The summed E-state index contributed by atoms with van der Waals surface area (Å²) in [6, 6.07) is 8.27. The topological polar surface area (TPSA) is 130 Å². The van der Waals surface area contributed by atoms with Gasteiger partial charge in [0.15, 0.2) is 11.5 Å². The van der Waals surface area contributed by atoms with E-state index in [0.717, 1.165) is 47.7 Å². The summed E-state index contributed by atoms with van der Waals surface area (Å²) in [6.45, 7) is 8.42. The third-order valence-electron chi connectivity index (χ3n) is 7.15. The van der Waals surface area contributed by atoms with Crippen molar-refractivity contribution in [2.75, 3.05) is 5.32 Å². The molecule has 1 unspecified atom stereocenters. The first-order valence-corrected chi connectivity index (χ1v) is 14.7. The van der Waals surface area contributed by atoms with Gasteiger partial charge in [-0.15, -0.1) is 0 Å². The van der Waals surface area contributed by atoms with Crippen LogP contribution in [0.4, 0.5) is 10.5 Å². The molecule has 0 bridgehead atoms. The lowest BCUT2D eigenvalue weighted by Gasteiger charge is -2.31. The van der Waals surface area contributed by atoms with E-state index < -0.39 is 17.7 Å².